The van der Waals surface area contributed by atoms with Gasteiger partial charge in [0, 0.05) is 18.5 Å². The normalized spacial score (nSPS) is 11.3. The van der Waals surface area contributed by atoms with Crippen molar-refractivity contribution in [3.05, 3.63) is 36.5 Å². The van der Waals surface area contributed by atoms with Crippen LogP contribution in [0.5, 0.6) is 0 Å². The number of benzene rings is 1. The predicted molar refractivity (Wildman–Crippen MR) is 77.7 cm³/mol. The predicted octanol–water partition coefficient (Wildman–Crippen LogP) is 0.801. The summed E-state index contributed by atoms with van der Waals surface area (Å²) in [4.78, 5) is 11.3. The highest BCUT2D eigenvalue weighted by atomic mass is 32.2. The molecule has 0 aliphatic rings. The zero-order valence-corrected chi connectivity index (χ0v) is 12.4. The number of amides is 1. The van der Waals surface area contributed by atoms with Gasteiger partial charge in [0.2, 0.25) is 15.9 Å². The third-order valence-corrected chi connectivity index (χ3v) is 3.30. The molecule has 0 saturated heterocycles. The van der Waals surface area contributed by atoms with Crippen LogP contribution in [0.15, 0.2) is 36.5 Å². The maximum atomic E-state index is 11.3. The second-order valence-corrected chi connectivity index (χ2v) is 6.38. The van der Waals surface area contributed by atoms with Gasteiger partial charge in [-0.05, 0) is 6.42 Å². The monoisotopic (exact) mass is 308 g/mol. The van der Waals surface area contributed by atoms with Gasteiger partial charge >= 0.3 is 0 Å². The third kappa shape index (κ3) is 4.99. The van der Waals surface area contributed by atoms with Crippen molar-refractivity contribution in [2.24, 2.45) is 0 Å². The lowest BCUT2D eigenvalue weighted by molar-refractivity contribution is -0.119. The van der Waals surface area contributed by atoms with Gasteiger partial charge in [0.05, 0.1) is 12.5 Å². The minimum atomic E-state index is -3.48. The van der Waals surface area contributed by atoms with Gasteiger partial charge in [-0.25, -0.2) is 8.42 Å². The van der Waals surface area contributed by atoms with E-state index in [0.29, 0.717) is 13.0 Å². The van der Waals surface area contributed by atoms with Crippen LogP contribution >= 0.6 is 0 Å². The molecule has 2 aromatic rings. The van der Waals surface area contributed by atoms with Gasteiger partial charge in [0.15, 0.2) is 0 Å². The maximum absolute atomic E-state index is 11.3. The van der Waals surface area contributed by atoms with Crippen LogP contribution in [0.1, 0.15) is 12.8 Å². The van der Waals surface area contributed by atoms with E-state index in [4.69, 9.17) is 0 Å². The molecule has 0 saturated carbocycles. The van der Waals surface area contributed by atoms with E-state index >= 15 is 0 Å². The minimum absolute atomic E-state index is 0.119. The Morgan fingerprint density at radius 3 is 2.67 bits per heavy atom. The zero-order chi connectivity index (χ0) is 15.3. The van der Waals surface area contributed by atoms with Crippen LogP contribution in [0, 0.1) is 0 Å². The molecule has 0 bridgehead atoms. The standard InChI is InChI=1S/C13H16N4O3S/c1-21(19,20)15-13(18)8-5-9-17-10-12(14-16-17)11-6-3-2-4-7-11/h2-4,6-7,10H,5,8-9H2,1H3,(H,15,18). The van der Waals surface area contributed by atoms with Crippen molar-refractivity contribution < 1.29 is 13.2 Å². The second-order valence-electron chi connectivity index (χ2n) is 4.63. The number of hydrogen-bond donors (Lipinski definition) is 1. The average Bonchev–Trinajstić information content (AvgIpc) is 2.86. The molecule has 0 fully saturated rings. The molecule has 1 amide bonds. The van der Waals surface area contributed by atoms with Crippen molar-refractivity contribution in [2.45, 2.75) is 19.4 Å². The fourth-order valence-corrected chi connectivity index (χ4v) is 2.32. The summed E-state index contributed by atoms with van der Waals surface area (Å²) in [6, 6.07) is 9.64. The van der Waals surface area contributed by atoms with E-state index in [1.54, 1.807) is 10.9 Å². The lowest BCUT2D eigenvalue weighted by Gasteiger charge is -2.02. The molecular formula is C13H16N4O3S. The molecule has 1 heterocycles. The van der Waals surface area contributed by atoms with Crippen molar-refractivity contribution in [3.8, 4) is 11.3 Å². The van der Waals surface area contributed by atoms with Gasteiger partial charge in [0.1, 0.15) is 5.69 Å². The molecule has 0 unspecified atom stereocenters. The quantitative estimate of drug-likeness (QED) is 0.852. The first kappa shape index (κ1) is 15.2. The Hall–Kier alpha value is -2.22. The topological polar surface area (TPSA) is 94.0 Å². The summed E-state index contributed by atoms with van der Waals surface area (Å²) in [5.41, 5.74) is 1.73. The smallest absolute Gasteiger partial charge is 0.233 e. The number of sulfonamides is 1. The molecule has 0 aliphatic carbocycles. The number of carbonyl (C=O) groups excluding carboxylic acids is 1. The summed E-state index contributed by atoms with van der Waals surface area (Å²) >= 11 is 0. The van der Waals surface area contributed by atoms with Gasteiger partial charge in [-0.15, -0.1) is 5.10 Å². The number of carbonyl (C=O) groups is 1. The Morgan fingerprint density at radius 2 is 2.00 bits per heavy atom. The van der Waals surface area contributed by atoms with Crippen LogP contribution in [0.25, 0.3) is 11.3 Å². The molecule has 0 aliphatic heterocycles. The molecule has 1 aromatic carbocycles. The highest BCUT2D eigenvalue weighted by Gasteiger charge is 2.08. The van der Waals surface area contributed by atoms with Gasteiger partial charge in [-0.3, -0.25) is 14.2 Å². The van der Waals surface area contributed by atoms with E-state index in [0.717, 1.165) is 17.5 Å². The van der Waals surface area contributed by atoms with Crippen molar-refractivity contribution in [3.63, 3.8) is 0 Å². The highest BCUT2D eigenvalue weighted by Crippen LogP contribution is 2.14. The third-order valence-electron chi connectivity index (χ3n) is 2.70. The van der Waals surface area contributed by atoms with Gasteiger partial charge in [0.25, 0.3) is 0 Å². The summed E-state index contributed by atoms with van der Waals surface area (Å²) in [7, 11) is -3.48. The van der Waals surface area contributed by atoms with Crippen molar-refractivity contribution in [1.82, 2.24) is 19.7 Å². The molecule has 8 heteroatoms. The molecule has 1 aromatic heterocycles. The number of aryl methyl sites for hydroxylation is 1. The number of rotatable bonds is 6. The van der Waals surface area contributed by atoms with E-state index in [1.807, 2.05) is 35.1 Å². The second kappa shape index (κ2) is 6.49. The number of aromatic nitrogens is 3. The highest BCUT2D eigenvalue weighted by molar-refractivity contribution is 7.89. The van der Waals surface area contributed by atoms with Crippen LogP contribution in [0.3, 0.4) is 0 Å². The number of nitrogens with one attached hydrogen (secondary N) is 1. The molecule has 112 valence electrons. The minimum Gasteiger partial charge on any atom is -0.274 e. The molecule has 21 heavy (non-hydrogen) atoms. The molecular weight excluding hydrogens is 292 g/mol. The van der Waals surface area contributed by atoms with Crippen LogP contribution in [0.2, 0.25) is 0 Å². The lowest BCUT2D eigenvalue weighted by atomic mass is 10.2. The van der Waals surface area contributed by atoms with E-state index in [9.17, 15) is 13.2 Å². The van der Waals surface area contributed by atoms with Crippen LogP contribution < -0.4 is 4.72 Å². The maximum Gasteiger partial charge on any atom is 0.233 e. The van der Waals surface area contributed by atoms with E-state index in [1.165, 1.54) is 0 Å². The first-order chi connectivity index (χ1) is 9.94. The SMILES string of the molecule is CS(=O)(=O)NC(=O)CCCn1cc(-c2ccccc2)nn1. The summed E-state index contributed by atoms with van der Waals surface area (Å²) in [5, 5.41) is 8.04. The molecule has 1 N–H and O–H groups in total. The van der Waals surface area contributed by atoms with Gasteiger partial charge in [-0.1, -0.05) is 35.5 Å². The zero-order valence-electron chi connectivity index (χ0n) is 11.6. The molecule has 0 atom stereocenters. The largest absolute Gasteiger partial charge is 0.274 e. The molecule has 2 rings (SSSR count). The Kier molecular flexibility index (Phi) is 4.69. The molecule has 0 radical (unpaired) electrons. The average molecular weight is 308 g/mol. The van der Waals surface area contributed by atoms with Crippen molar-refractivity contribution in [1.29, 1.82) is 0 Å². The molecule has 7 nitrogen and oxygen atoms in total. The number of nitrogens with zero attached hydrogens (tertiary/aromatic N) is 3. The fraction of sp³-hybridized carbons (Fsp3) is 0.308. The lowest BCUT2D eigenvalue weighted by Crippen LogP contribution is -2.29. The summed E-state index contributed by atoms with van der Waals surface area (Å²) in [6.45, 7) is 0.497. The summed E-state index contributed by atoms with van der Waals surface area (Å²) < 4.78 is 25.3. The first-order valence-corrected chi connectivity index (χ1v) is 8.29. The van der Waals surface area contributed by atoms with Crippen LogP contribution in [-0.2, 0) is 21.4 Å². The summed E-state index contributed by atoms with van der Waals surface area (Å²) in [6.07, 6.45) is 3.35. The van der Waals surface area contributed by atoms with Crippen LogP contribution in [0.4, 0.5) is 0 Å². The molecule has 0 spiro atoms. The van der Waals surface area contributed by atoms with Crippen LogP contribution in [-0.4, -0.2) is 35.6 Å². The van der Waals surface area contributed by atoms with Gasteiger partial charge < -0.3 is 0 Å². The fourth-order valence-electron chi connectivity index (χ4n) is 1.81. The van der Waals surface area contributed by atoms with E-state index < -0.39 is 15.9 Å². The van der Waals surface area contributed by atoms with Gasteiger partial charge in [-0.2, -0.15) is 0 Å². The van der Waals surface area contributed by atoms with Crippen molar-refractivity contribution >= 4 is 15.9 Å². The first-order valence-electron chi connectivity index (χ1n) is 6.40. The van der Waals surface area contributed by atoms with E-state index in [-0.39, 0.29) is 6.42 Å². The Bertz CT molecular complexity index is 710. The summed E-state index contributed by atoms with van der Waals surface area (Å²) in [5.74, 6) is -0.513. The Balaban J connectivity index is 1.85. The van der Waals surface area contributed by atoms with E-state index in [2.05, 4.69) is 10.3 Å². The number of hydrogen-bond acceptors (Lipinski definition) is 5. The Labute approximate surface area is 123 Å². The Morgan fingerprint density at radius 1 is 1.29 bits per heavy atom. The van der Waals surface area contributed by atoms with Crippen molar-refractivity contribution in [2.75, 3.05) is 6.26 Å².